The number of ether oxygens (including phenoxy) is 1. The summed E-state index contributed by atoms with van der Waals surface area (Å²) in [6, 6.07) is -0.0370. The molecule has 16 heavy (non-hydrogen) atoms. The molecular weight excluding hydrogens is 210 g/mol. The lowest BCUT2D eigenvalue weighted by Crippen LogP contribution is -2.15. The van der Waals surface area contributed by atoms with E-state index in [2.05, 4.69) is 15.5 Å². The fourth-order valence-corrected chi connectivity index (χ4v) is 1.78. The number of aromatic nitrogens is 2. The highest BCUT2D eigenvalue weighted by atomic mass is 16.5. The Morgan fingerprint density at radius 2 is 2.50 bits per heavy atom. The first-order valence-corrected chi connectivity index (χ1v) is 5.57. The van der Waals surface area contributed by atoms with Crippen LogP contribution in [0.4, 0.5) is 0 Å². The maximum atomic E-state index is 9.38. The lowest BCUT2D eigenvalue weighted by Gasteiger charge is -2.05. The fraction of sp³-hybridized carbons (Fsp3) is 0.800. The normalized spacial score (nSPS) is 27.2. The first kappa shape index (κ1) is 11.5. The van der Waals surface area contributed by atoms with E-state index < -0.39 is 0 Å². The lowest BCUT2D eigenvalue weighted by molar-refractivity contribution is 0.0683. The van der Waals surface area contributed by atoms with Crippen LogP contribution in [0.25, 0.3) is 0 Å². The van der Waals surface area contributed by atoms with Gasteiger partial charge >= 0.3 is 0 Å². The number of hydrogen-bond acceptors (Lipinski definition) is 6. The van der Waals surface area contributed by atoms with Crippen molar-refractivity contribution in [2.45, 2.75) is 38.5 Å². The van der Waals surface area contributed by atoms with Gasteiger partial charge in [0.15, 0.2) is 5.82 Å². The van der Waals surface area contributed by atoms with Crippen molar-refractivity contribution in [2.24, 2.45) is 0 Å². The zero-order valence-corrected chi connectivity index (χ0v) is 9.51. The minimum Gasteiger partial charge on any atom is -0.392 e. The Hall–Kier alpha value is -0.980. The smallest absolute Gasteiger partial charge is 0.243 e. The molecule has 1 aromatic rings. The molecule has 1 aromatic heterocycles. The van der Waals surface area contributed by atoms with Gasteiger partial charge in [-0.1, -0.05) is 5.16 Å². The molecule has 1 aliphatic heterocycles. The van der Waals surface area contributed by atoms with Crippen LogP contribution < -0.4 is 5.32 Å². The second-order valence-corrected chi connectivity index (χ2v) is 3.94. The zero-order chi connectivity index (χ0) is 11.5. The summed E-state index contributed by atoms with van der Waals surface area (Å²) in [6.07, 6.45) is 0.128. The largest absolute Gasteiger partial charge is 0.392 e. The SMILES string of the molecule is CCOC(C)c1noc([C@@H]2CC(O)CN2)n1. The van der Waals surface area contributed by atoms with E-state index >= 15 is 0 Å². The molecule has 2 rings (SSSR count). The average molecular weight is 227 g/mol. The Kier molecular flexibility index (Phi) is 3.52. The molecule has 1 fully saturated rings. The summed E-state index contributed by atoms with van der Waals surface area (Å²) < 4.78 is 10.5. The highest BCUT2D eigenvalue weighted by molar-refractivity contribution is 4.98. The topological polar surface area (TPSA) is 80.4 Å². The molecule has 90 valence electrons. The van der Waals surface area contributed by atoms with Gasteiger partial charge in [0, 0.05) is 13.2 Å². The van der Waals surface area contributed by atoms with E-state index in [9.17, 15) is 5.11 Å². The molecule has 0 saturated carbocycles. The summed E-state index contributed by atoms with van der Waals surface area (Å²) >= 11 is 0. The third kappa shape index (κ3) is 2.40. The van der Waals surface area contributed by atoms with E-state index in [0.29, 0.717) is 31.3 Å². The highest BCUT2D eigenvalue weighted by Gasteiger charge is 2.28. The quantitative estimate of drug-likeness (QED) is 0.782. The molecule has 0 spiro atoms. The van der Waals surface area contributed by atoms with Gasteiger partial charge in [0.2, 0.25) is 5.89 Å². The van der Waals surface area contributed by atoms with E-state index in [-0.39, 0.29) is 18.2 Å². The summed E-state index contributed by atoms with van der Waals surface area (Å²) in [5.74, 6) is 1.08. The number of hydrogen-bond donors (Lipinski definition) is 2. The third-order valence-corrected chi connectivity index (χ3v) is 2.64. The number of β-amino-alcohol motifs (C(OH)–C–C–N with tert-alkyl or cyclic N) is 1. The highest BCUT2D eigenvalue weighted by Crippen LogP contribution is 2.23. The van der Waals surface area contributed by atoms with E-state index in [1.54, 1.807) is 0 Å². The van der Waals surface area contributed by atoms with Crippen LogP contribution in [-0.4, -0.2) is 34.5 Å². The molecule has 0 aromatic carbocycles. The van der Waals surface area contributed by atoms with Gasteiger partial charge < -0.3 is 19.7 Å². The Morgan fingerprint density at radius 1 is 1.69 bits per heavy atom. The van der Waals surface area contributed by atoms with E-state index in [4.69, 9.17) is 9.26 Å². The second-order valence-electron chi connectivity index (χ2n) is 3.94. The zero-order valence-electron chi connectivity index (χ0n) is 9.51. The van der Waals surface area contributed by atoms with Gasteiger partial charge in [-0.2, -0.15) is 4.98 Å². The number of aliphatic hydroxyl groups is 1. The van der Waals surface area contributed by atoms with Gasteiger partial charge in [0.05, 0.1) is 12.1 Å². The van der Waals surface area contributed by atoms with Crippen molar-refractivity contribution in [1.29, 1.82) is 0 Å². The van der Waals surface area contributed by atoms with E-state index in [1.807, 2.05) is 13.8 Å². The van der Waals surface area contributed by atoms with Gasteiger partial charge in [-0.3, -0.25) is 0 Å². The predicted octanol–water partition coefficient (Wildman–Crippen LogP) is 0.562. The van der Waals surface area contributed by atoms with E-state index in [0.717, 1.165) is 0 Å². The van der Waals surface area contributed by atoms with Crippen LogP contribution in [0, 0.1) is 0 Å². The van der Waals surface area contributed by atoms with Crippen molar-refractivity contribution in [3.05, 3.63) is 11.7 Å². The van der Waals surface area contributed by atoms with Crippen LogP contribution in [0.2, 0.25) is 0 Å². The van der Waals surface area contributed by atoms with Gasteiger partial charge in [-0.05, 0) is 20.3 Å². The first-order valence-electron chi connectivity index (χ1n) is 5.57. The summed E-state index contributed by atoms with van der Waals surface area (Å²) in [5.41, 5.74) is 0. The molecule has 0 amide bonds. The standard InChI is InChI=1S/C10H17N3O3/c1-3-15-6(2)9-12-10(16-13-9)8-4-7(14)5-11-8/h6-8,11,14H,3-5H2,1-2H3/t6?,7?,8-/m0/s1. The molecule has 2 heterocycles. The van der Waals surface area contributed by atoms with Crippen molar-refractivity contribution in [3.63, 3.8) is 0 Å². The van der Waals surface area contributed by atoms with Crippen molar-refractivity contribution >= 4 is 0 Å². The molecular formula is C10H17N3O3. The monoisotopic (exact) mass is 227 g/mol. The molecule has 2 N–H and O–H groups in total. The molecule has 2 unspecified atom stereocenters. The van der Waals surface area contributed by atoms with Crippen molar-refractivity contribution in [1.82, 2.24) is 15.5 Å². The molecule has 3 atom stereocenters. The summed E-state index contributed by atoms with van der Waals surface area (Å²) in [4.78, 5) is 4.27. The number of nitrogens with zero attached hydrogens (tertiary/aromatic N) is 2. The summed E-state index contributed by atoms with van der Waals surface area (Å²) in [5, 5.41) is 16.4. The molecule has 0 aliphatic carbocycles. The average Bonchev–Trinajstić information content (AvgIpc) is 2.85. The number of nitrogens with one attached hydrogen (secondary N) is 1. The summed E-state index contributed by atoms with van der Waals surface area (Å²) in [7, 11) is 0. The maximum Gasteiger partial charge on any atom is 0.243 e. The van der Waals surface area contributed by atoms with Crippen molar-refractivity contribution < 1.29 is 14.4 Å². The predicted molar refractivity (Wildman–Crippen MR) is 55.7 cm³/mol. The minimum atomic E-state index is -0.329. The third-order valence-electron chi connectivity index (χ3n) is 2.64. The first-order chi connectivity index (χ1) is 7.70. The van der Waals surface area contributed by atoms with Crippen LogP contribution in [0.3, 0.4) is 0 Å². The fourth-order valence-electron chi connectivity index (χ4n) is 1.78. The Morgan fingerprint density at radius 3 is 3.12 bits per heavy atom. The van der Waals surface area contributed by atoms with Crippen LogP contribution >= 0.6 is 0 Å². The van der Waals surface area contributed by atoms with Gasteiger partial charge in [-0.25, -0.2) is 0 Å². The summed E-state index contributed by atoms with van der Waals surface area (Å²) in [6.45, 7) is 5.00. The van der Waals surface area contributed by atoms with Gasteiger partial charge in [0.25, 0.3) is 0 Å². The maximum absolute atomic E-state index is 9.38. The Labute approximate surface area is 94.0 Å². The van der Waals surface area contributed by atoms with Crippen LogP contribution in [-0.2, 0) is 4.74 Å². The van der Waals surface area contributed by atoms with Crippen LogP contribution in [0.5, 0.6) is 0 Å². The molecule has 6 heteroatoms. The van der Waals surface area contributed by atoms with Gasteiger partial charge in [0.1, 0.15) is 6.10 Å². The minimum absolute atomic E-state index is 0.0370. The molecule has 6 nitrogen and oxygen atoms in total. The van der Waals surface area contributed by atoms with Crippen LogP contribution in [0.15, 0.2) is 4.52 Å². The van der Waals surface area contributed by atoms with Crippen LogP contribution in [0.1, 0.15) is 44.1 Å². The number of aliphatic hydroxyl groups excluding tert-OH is 1. The molecule has 1 saturated heterocycles. The molecule has 0 bridgehead atoms. The van der Waals surface area contributed by atoms with Crippen molar-refractivity contribution in [3.8, 4) is 0 Å². The number of rotatable bonds is 4. The van der Waals surface area contributed by atoms with Gasteiger partial charge in [-0.15, -0.1) is 0 Å². The lowest BCUT2D eigenvalue weighted by atomic mass is 10.2. The van der Waals surface area contributed by atoms with E-state index in [1.165, 1.54) is 0 Å². The second kappa shape index (κ2) is 4.90. The molecule has 1 aliphatic rings. The Balaban J connectivity index is 2.01. The molecule has 0 radical (unpaired) electrons. The Bertz CT molecular complexity index is 342. The van der Waals surface area contributed by atoms with Crippen molar-refractivity contribution in [2.75, 3.05) is 13.2 Å².